The number of phenols is 1. The van der Waals surface area contributed by atoms with Gasteiger partial charge in [0.2, 0.25) is 11.6 Å². The van der Waals surface area contributed by atoms with E-state index in [0.29, 0.717) is 34.2 Å². The largest absolute Gasteiger partial charge is 0.507 e. The first-order valence-corrected chi connectivity index (χ1v) is 15.3. The van der Waals surface area contributed by atoms with Gasteiger partial charge in [-0.15, -0.1) is 0 Å². The van der Waals surface area contributed by atoms with E-state index in [4.69, 9.17) is 0 Å². The molecule has 1 saturated carbocycles. The van der Waals surface area contributed by atoms with Crippen molar-refractivity contribution in [3.8, 4) is 16.9 Å². The van der Waals surface area contributed by atoms with Gasteiger partial charge in [0.05, 0.1) is 11.1 Å². The van der Waals surface area contributed by atoms with Crippen LogP contribution in [0.1, 0.15) is 102 Å². The van der Waals surface area contributed by atoms with Gasteiger partial charge in [-0.3, -0.25) is 19.2 Å². The average molecular weight is 599 g/mol. The molecule has 3 N–H and O–H groups in total. The maximum Gasteiger partial charge on any atom is 0.206 e. The first-order chi connectivity index (χ1) is 20.3. The molecule has 0 spiro atoms. The summed E-state index contributed by atoms with van der Waals surface area (Å²) in [5, 5.41) is 36.1. The van der Waals surface area contributed by atoms with Crippen LogP contribution in [0, 0.1) is 22.7 Å². The fraction of sp³-hybridized carbons (Fsp3) is 0.459. The summed E-state index contributed by atoms with van der Waals surface area (Å²) in [6.45, 7) is 16.1. The number of aliphatic hydroxyl groups is 2. The number of allylic oxidation sites excluding steroid dienone is 1. The second kappa shape index (κ2) is 10.1. The van der Waals surface area contributed by atoms with E-state index in [2.05, 4.69) is 0 Å². The quantitative estimate of drug-likeness (QED) is 0.199. The number of carbonyl (C=O) groups excluding carboxylic acids is 4. The number of aliphatic hydroxyl groups excluding tert-OH is 1. The number of Topliss-reactive ketones (excluding diaryl/α,β-unsaturated/α-hetero) is 4. The minimum atomic E-state index is -2.57. The Balaban J connectivity index is 1.81. The standard InChI is InChI=1S/C37H42O7/c1-17(2)24-14-25(23-12-10-22(11-13-23)20(6)38)31(40)28-26(24)15-35(8)16-36(9)29(18(3)4)19(5)27(21(7)39)33(42)37(36,44)34(43)30(35)32(28)41/h10-14,17-18,29,40-41,44H,15-16H2,1-9H3/t29-,35+,36+,37-/m1/s1. The Morgan fingerprint density at radius 1 is 0.932 bits per heavy atom. The summed E-state index contributed by atoms with van der Waals surface area (Å²) in [5.74, 6) is -3.69. The highest BCUT2D eigenvalue weighted by atomic mass is 16.3. The Morgan fingerprint density at radius 3 is 2.02 bits per heavy atom. The van der Waals surface area contributed by atoms with E-state index < -0.39 is 45.5 Å². The number of ketones is 4. The Labute approximate surface area is 258 Å². The topological polar surface area (TPSA) is 129 Å². The van der Waals surface area contributed by atoms with Crippen molar-refractivity contribution in [3.63, 3.8) is 0 Å². The van der Waals surface area contributed by atoms with Crippen LogP contribution in [-0.2, 0) is 20.8 Å². The van der Waals surface area contributed by atoms with E-state index in [1.807, 2.05) is 40.7 Å². The fourth-order valence-electron chi connectivity index (χ4n) is 8.96. The van der Waals surface area contributed by atoms with E-state index in [-0.39, 0.29) is 46.5 Å². The molecule has 0 aliphatic heterocycles. The van der Waals surface area contributed by atoms with Gasteiger partial charge in [-0.1, -0.05) is 71.4 Å². The summed E-state index contributed by atoms with van der Waals surface area (Å²) in [6, 6.07) is 8.70. The predicted molar refractivity (Wildman–Crippen MR) is 168 cm³/mol. The number of aromatic hydroxyl groups is 1. The summed E-state index contributed by atoms with van der Waals surface area (Å²) in [6.07, 6.45) is 0.496. The minimum absolute atomic E-state index is 0.00710. The predicted octanol–water partition coefficient (Wildman–Crippen LogP) is 6.69. The van der Waals surface area contributed by atoms with Crippen molar-refractivity contribution in [1.82, 2.24) is 0 Å². The first-order valence-electron chi connectivity index (χ1n) is 15.3. The second-order valence-corrected chi connectivity index (χ2v) is 14.3. The van der Waals surface area contributed by atoms with Crippen molar-refractivity contribution in [2.75, 3.05) is 0 Å². The van der Waals surface area contributed by atoms with Crippen LogP contribution in [0.3, 0.4) is 0 Å². The van der Waals surface area contributed by atoms with Gasteiger partial charge < -0.3 is 15.3 Å². The fourth-order valence-corrected chi connectivity index (χ4v) is 8.96. The molecule has 0 heterocycles. The van der Waals surface area contributed by atoms with Crippen LogP contribution in [-0.4, -0.2) is 44.1 Å². The van der Waals surface area contributed by atoms with Crippen LogP contribution < -0.4 is 0 Å². The van der Waals surface area contributed by atoms with Gasteiger partial charge >= 0.3 is 0 Å². The molecular weight excluding hydrogens is 556 g/mol. The third-order valence-corrected chi connectivity index (χ3v) is 10.6. The molecule has 2 aromatic rings. The molecule has 3 aliphatic carbocycles. The molecule has 5 rings (SSSR count). The zero-order valence-corrected chi connectivity index (χ0v) is 27.0. The normalized spacial score (nSPS) is 28.3. The summed E-state index contributed by atoms with van der Waals surface area (Å²) >= 11 is 0. The van der Waals surface area contributed by atoms with Gasteiger partial charge in [-0.2, -0.15) is 0 Å². The van der Waals surface area contributed by atoms with Crippen LogP contribution in [0.15, 0.2) is 47.1 Å². The van der Waals surface area contributed by atoms with Crippen LogP contribution >= 0.6 is 0 Å². The van der Waals surface area contributed by atoms with Crippen LogP contribution in [0.5, 0.6) is 5.75 Å². The van der Waals surface area contributed by atoms with Gasteiger partial charge in [0.25, 0.3) is 0 Å². The Kier molecular flexibility index (Phi) is 7.25. The molecule has 3 aliphatic rings. The molecule has 2 aromatic carbocycles. The van der Waals surface area contributed by atoms with E-state index in [1.165, 1.54) is 13.8 Å². The average Bonchev–Trinajstić information content (AvgIpc) is 2.90. The van der Waals surface area contributed by atoms with Crippen LogP contribution in [0.4, 0.5) is 0 Å². The third kappa shape index (κ3) is 4.04. The summed E-state index contributed by atoms with van der Waals surface area (Å²) in [4.78, 5) is 53.3. The number of fused-ring (bicyclic) bond motifs is 3. The smallest absolute Gasteiger partial charge is 0.206 e. The number of hydrogen-bond acceptors (Lipinski definition) is 7. The Bertz CT molecular complexity index is 1720. The van der Waals surface area contributed by atoms with Crippen molar-refractivity contribution in [1.29, 1.82) is 0 Å². The number of benzene rings is 2. The lowest BCUT2D eigenvalue weighted by atomic mass is 9.42. The highest BCUT2D eigenvalue weighted by Crippen LogP contribution is 2.65. The summed E-state index contributed by atoms with van der Waals surface area (Å²) < 4.78 is 0. The van der Waals surface area contributed by atoms with Crippen LogP contribution in [0.25, 0.3) is 16.9 Å². The number of phenolic OH excluding ortho intramolecular Hbond substituents is 1. The minimum Gasteiger partial charge on any atom is -0.507 e. The Morgan fingerprint density at radius 2 is 1.52 bits per heavy atom. The summed E-state index contributed by atoms with van der Waals surface area (Å²) in [5.41, 5.74) is -1.19. The highest BCUT2D eigenvalue weighted by molar-refractivity contribution is 6.33. The van der Waals surface area contributed by atoms with Crippen LogP contribution in [0.2, 0.25) is 0 Å². The van der Waals surface area contributed by atoms with Gasteiger partial charge in [0.15, 0.2) is 17.2 Å². The van der Waals surface area contributed by atoms with E-state index in [1.54, 1.807) is 38.1 Å². The maximum atomic E-state index is 14.6. The molecule has 232 valence electrons. The van der Waals surface area contributed by atoms with Gasteiger partial charge in [0, 0.05) is 27.5 Å². The molecule has 0 unspecified atom stereocenters. The SMILES string of the molecule is CC(=O)C1=C(C)[C@@H](C(C)C)[C@]2(C)C[C@]3(C)Cc4c(C(C)C)cc(-c5ccc(C(C)=O)cc5)c(O)c4C(O)=C3C(=O)[C@]2(O)C1=O. The summed E-state index contributed by atoms with van der Waals surface area (Å²) in [7, 11) is 0. The first kappa shape index (κ1) is 31.6. The van der Waals surface area contributed by atoms with Gasteiger partial charge in [-0.25, -0.2) is 0 Å². The van der Waals surface area contributed by atoms with Crippen molar-refractivity contribution >= 4 is 28.9 Å². The molecule has 7 heteroatoms. The molecule has 0 saturated heterocycles. The third-order valence-electron chi connectivity index (χ3n) is 10.6. The van der Waals surface area contributed by atoms with Crippen molar-refractivity contribution < 1.29 is 34.5 Å². The molecule has 0 radical (unpaired) electrons. The Hall–Kier alpha value is -3.84. The zero-order valence-electron chi connectivity index (χ0n) is 27.0. The van der Waals surface area contributed by atoms with E-state index >= 15 is 0 Å². The number of rotatable bonds is 5. The van der Waals surface area contributed by atoms with Crippen molar-refractivity contribution in [2.24, 2.45) is 22.7 Å². The number of hydrogen-bond donors (Lipinski definition) is 3. The molecule has 0 amide bonds. The maximum absolute atomic E-state index is 14.6. The molecule has 1 fully saturated rings. The monoisotopic (exact) mass is 598 g/mol. The van der Waals surface area contributed by atoms with Crippen molar-refractivity contribution in [2.45, 2.75) is 86.7 Å². The molecule has 44 heavy (non-hydrogen) atoms. The van der Waals surface area contributed by atoms with E-state index in [0.717, 1.165) is 5.56 Å². The lowest BCUT2D eigenvalue weighted by molar-refractivity contribution is -0.180. The number of carbonyl (C=O) groups is 4. The van der Waals surface area contributed by atoms with Gasteiger partial charge in [0.1, 0.15) is 11.5 Å². The molecule has 4 atom stereocenters. The molecule has 7 nitrogen and oxygen atoms in total. The van der Waals surface area contributed by atoms with Gasteiger partial charge in [-0.05, 0) is 74.1 Å². The lowest BCUT2D eigenvalue weighted by Gasteiger charge is -2.60. The molecule has 0 aromatic heterocycles. The lowest BCUT2D eigenvalue weighted by Crippen LogP contribution is -2.70. The van der Waals surface area contributed by atoms with Crippen molar-refractivity contribution in [3.05, 3.63) is 69.3 Å². The van der Waals surface area contributed by atoms with E-state index in [9.17, 15) is 34.5 Å². The molecular formula is C37H42O7. The molecule has 0 bridgehead atoms. The second-order valence-electron chi connectivity index (χ2n) is 14.3. The zero-order chi connectivity index (χ0) is 32.8. The highest BCUT2D eigenvalue weighted by Gasteiger charge is 2.72.